The average molecular weight is 339 g/mol. The molecule has 0 aliphatic carbocycles. The summed E-state index contributed by atoms with van der Waals surface area (Å²) in [7, 11) is 0. The Balaban J connectivity index is 2.05. The number of halogens is 1. The van der Waals surface area contributed by atoms with E-state index in [2.05, 4.69) is 27.1 Å². The second-order valence-electron chi connectivity index (χ2n) is 4.57. The molecule has 0 fully saturated rings. The van der Waals surface area contributed by atoms with Crippen LogP contribution in [-0.4, -0.2) is 9.78 Å². The van der Waals surface area contributed by atoms with Crippen molar-refractivity contribution in [3.63, 3.8) is 0 Å². The van der Waals surface area contributed by atoms with Crippen molar-refractivity contribution in [2.75, 3.05) is 5.73 Å². The second kappa shape index (κ2) is 5.43. The summed E-state index contributed by atoms with van der Waals surface area (Å²) in [4.78, 5) is 0. The maximum Gasteiger partial charge on any atom is 0.101 e. The van der Waals surface area contributed by atoms with E-state index in [1.807, 2.05) is 42.6 Å². The molecule has 0 unspecified atom stereocenters. The van der Waals surface area contributed by atoms with Crippen molar-refractivity contribution < 1.29 is 0 Å². The zero-order chi connectivity index (χ0) is 14.8. The third kappa shape index (κ3) is 2.67. The van der Waals surface area contributed by atoms with Gasteiger partial charge in [-0.25, -0.2) is 4.68 Å². The number of anilines is 1. The van der Waals surface area contributed by atoms with Crippen LogP contribution in [0.1, 0.15) is 5.56 Å². The number of rotatable bonds is 2. The zero-order valence-electron chi connectivity index (χ0n) is 11.0. The van der Waals surface area contributed by atoms with Crippen molar-refractivity contribution in [3.8, 4) is 22.9 Å². The number of nitrogens with two attached hydrogens (primary N) is 1. The standard InChI is InChI=1S/C16H11BrN4/c17-14-4-1-12(8-18)16(7-14)21-10-13(9-20-21)11-2-5-15(19)6-3-11/h1-7,9-10H,19H2. The topological polar surface area (TPSA) is 67.6 Å². The lowest BCUT2D eigenvalue weighted by Crippen LogP contribution is -1.97. The first-order valence-corrected chi connectivity index (χ1v) is 7.07. The van der Waals surface area contributed by atoms with Crippen LogP contribution >= 0.6 is 15.9 Å². The van der Waals surface area contributed by atoms with E-state index in [1.165, 1.54) is 0 Å². The van der Waals surface area contributed by atoms with Crippen LogP contribution < -0.4 is 5.73 Å². The van der Waals surface area contributed by atoms with E-state index in [0.717, 1.165) is 27.0 Å². The molecule has 0 aliphatic heterocycles. The lowest BCUT2D eigenvalue weighted by Gasteiger charge is -2.04. The van der Waals surface area contributed by atoms with E-state index in [-0.39, 0.29) is 0 Å². The fourth-order valence-electron chi connectivity index (χ4n) is 2.07. The third-order valence-corrected chi connectivity index (χ3v) is 3.65. The fourth-order valence-corrected chi connectivity index (χ4v) is 2.42. The smallest absolute Gasteiger partial charge is 0.101 e. The Morgan fingerprint density at radius 2 is 1.86 bits per heavy atom. The molecule has 1 heterocycles. The van der Waals surface area contributed by atoms with E-state index < -0.39 is 0 Å². The van der Waals surface area contributed by atoms with Gasteiger partial charge < -0.3 is 5.73 Å². The van der Waals surface area contributed by atoms with Gasteiger partial charge in [0.1, 0.15) is 6.07 Å². The lowest BCUT2D eigenvalue weighted by atomic mass is 10.1. The minimum atomic E-state index is 0.574. The van der Waals surface area contributed by atoms with E-state index in [1.54, 1.807) is 16.9 Å². The molecular formula is C16H11BrN4. The normalized spacial score (nSPS) is 10.3. The number of nitriles is 1. The Hall–Kier alpha value is -2.58. The maximum absolute atomic E-state index is 9.20. The molecule has 0 radical (unpaired) electrons. The van der Waals surface area contributed by atoms with E-state index >= 15 is 0 Å². The first-order chi connectivity index (χ1) is 10.2. The summed E-state index contributed by atoms with van der Waals surface area (Å²) in [6, 6.07) is 15.3. The molecule has 3 rings (SSSR count). The largest absolute Gasteiger partial charge is 0.399 e. The fraction of sp³-hybridized carbons (Fsp3) is 0. The van der Waals surface area contributed by atoms with E-state index in [0.29, 0.717) is 5.56 Å². The number of benzene rings is 2. The van der Waals surface area contributed by atoms with Crippen LogP contribution in [0.15, 0.2) is 59.3 Å². The molecule has 0 aliphatic rings. The molecule has 3 aromatic rings. The Labute approximate surface area is 130 Å². The molecule has 4 nitrogen and oxygen atoms in total. The van der Waals surface area contributed by atoms with Gasteiger partial charge in [-0.1, -0.05) is 28.1 Å². The molecule has 21 heavy (non-hydrogen) atoms. The van der Waals surface area contributed by atoms with Crippen molar-refractivity contribution in [1.29, 1.82) is 5.26 Å². The predicted molar refractivity (Wildman–Crippen MR) is 85.8 cm³/mol. The molecule has 102 valence electrons. The summed E-state index contributed by atoms with van der Waals surface area (Å²) < 4.78 is 2.61. The van der Waals surface area contributed by atoms with Crippen LogP contribution in [0.3, 0.4) is 0 Å². The average Bonchev–Trinajstić information content (AvgIpc) is 2.97. The molecule has 5 heteroatoms. The molecule has 0 saturated heterocycles. The number of nitrogens with zero attached hydrogens (tertiary/aromatic N) is 3. The van der Waals surface area contributed by atoms with Crippen LogP contribution in [0.2, 0.25) is 0 Å². The molecule has 0 amide bonds. The van der Waals surface area contributed by atoms with Crippen molar-refractivity contribution in [1.82, 2.24) is 9.78 Å². The van der Waals surface area contributed by atoms with Gasteiger partial charge in [-0.15, -0.1) is 0 Å². The first-order valence-electron chi connectivity index (χ1n) is 6.28. The van der Waals surface area contributed by atoms with Gasteiger partial charge in [-0.05, 0) is 35.9 Å². The summed E-state index contributed by atoms with van der Waals surface area (Å²) in [5, 5.41) is 13.6. The van der Waals surface area contributed by atoms with Gasteiger partial charge in [-0.3, -0.25) is 0 Å². The van der Waals surface area contributed by atoms with Gasteiger partial charge in [0.2, 0.25) is 0 Å². The molecule has 0 spiro atoms. The minimum absolute atomic E-state index is 0.574. The minimum Gasteiger partial charge on any atom is -0.399 e. The Kier molecular flexibility index (Phi) is 3.46. The maximum atomic E-state index is 9.20. The Morgan fingerprint density at radius 3 is 2.57 bits per heavy atom. The predicted octanol–water partition coefficient (Wildman–Crippen LogP) is 3.76. The summed E-state index contributed by atoms with van der Waals surface area (Å²) >= 11 is 3.42. The lowest BCUT2D eigenvalue weighted by molar-refractivity contribution is 0.877. The van der Waals surface area contributed by atoms with Crippen molar-refractivity contribution in [2.45, 2.75) is 0 Å². The van der Waals surface area contributed by atoms with Crippen molar-refractivity contribution in [2.24, 2.45) is 0 Å². The van der Waals surface area contributed by atoms with Gasteiger partial charge in [0.15, 0.2) is 0 Å². The molecular weight excluding hydrogens is 328 g/mol. The SMILES string of the molecule is N#Cc1ccc(Br)cc1-n1cc(-c2ccc(N)cc2)cn1. The van der Waals surface area contributed by atoms with Crippen LogP contribution in [0.5, 0.6) is 0 Å². The van der Waals surface area contributed by atoms with Crippen LogP contribution in [-0.2, 0) is 0 Å². The van der Waals surface area contributed by atoms with Crippen LogP contribution in [0, 0.1) is 11.3 Å². The number of nitrogen functional groups attached to an aromatic ring is 1. The zero-order valence-corrected chi connectivity index (χ0v) is 12.6. The van der Waals surface area contributed by atoms with Crippen LogP contribution in [0.4, 0.5) is 5.69 Å². The van der Waals surface area contributed by atoms with Gasteiger partial charge in [0.25, 0.3) is 0 Å². The Bertz CT molecular complexity index is 828. The highest BCUT2D eigenvalue weighted by molar-refractivity contribution is 9.10. The highest BCUT2D eigenvalue weighted by Gasteiger charge is 2.08. The molecule has 0 saturated carbocycles. The van der Waals surface area contributed by atoms with Crippen molar-refractivity contribution in [3.05, 3.63) is 64.9 Å². The van der Waals surface area contributed by atoms with Gasteiger partial charge in [-0.2, -0.15) is 10.4 Å². The summed E-state index contributed by atoms with van der Waals surface area (Å²) in [5.41, 5.74) is 9.74. The third-order valence-electron chi connectivity index (χ3n) is 3.15. The highest BCUT2D eigenvalue weighted by Crippen LogP contribution is 2.24. The van der Waals surface area contributed by atoms with E-state index in [9.17, 15) is 5.26 Å². The first kappa shape index (κ1) is 13.4. The highest BCUT2D eigenvalue weighted by atomic mass is 79.9. The molecule has 2 N–H and O–H groups in total. The summed E-state index contributed by atoms with van der Waals surface area (Å²) in [5.74, 6) is 0. The quantitative estimate of drug-likeness (QED) is 0.723. The van der Waals surface area contributed by atoms with Gasteiger partial charge in [0.05, 0.1) is 17.4 Å². The monoisotopic (exact) mass is 338 g/mol. The van der Waals surface area contributed by atoms with Gasteiger partial charge in [0, 0.05) is 21.9 Å². The molecule has 0 atom stereocenters. The summed E-state index contributed by atoms with van der Waals surface area (Å²) in [6.07, 6.45) is 3.67. The Morgan fingerprint density at radius 1 is 1.10 bits per heavy atom. The number of hydrogen-bond acceptors (Lipinski definition) is 3. The van der Waals surface area contributed by atoms with E-state index in [4.69, 9.17) is 5.73 Å². The number of aromatic nitrogens is 2. The second-order valence-corrected chi connectivity index (χ2v) is 5.48. The molecule has 2 aromatic carbocycles. The summed E-state index contributed by atoms with van der Waals surface area (Å²) in [6.45, 7) is 0. The molecule has 0 bridgehead atoms. The number of hydrogen-bond donors (Lipinski definition) is 1. The van der Waals surface area contributed by atoms with Crippen LogP contribution in [0.25, 0.3) is 16.8 Å². The van der Waals surface area contributed by atoms with Crippen molar-refractivity contribution >= 4 is 21.6 Å². The van der Waals surface area contributed by atoms with Gasteiger partial charge >= 0.3 is 0 Å². The molecule has 1 aromatic heterocycles.